The van der Waals surface area contributed by atoms with Crippen molar-refractivity contribution in [3.63, 3.8) is 0 Å². The second-order valence-corrected chi connectivity index (χ2v) is 7.07. The molecule has 1 heterocycles. The Morgan fingerprint density at radius 2 is 1.74 bits per heavy atom. The van der Waals surface area contributed by atoms with Gasteiger partial charge < -0.3 is 29.2 Å². The summed E-state index contributed by atoms with van der Waals surface area (Å²) >= 11 is 0. The van der Waals surface area contributed by atoms with Crippen LogP contribution in [0.5, 0.6) is 17.2 Å². The summed E-state index contributed by atoms with van der Waals surface area (Å²) in [7, 11) is 3.00. The Morgan fingerprint density at radius 1 is 1.00 bits per heavy atom. The average molecular weight is 470 g/mol. The standard InChI is InChI=1S/C23H26N4O7/c1-31-18-6-4-17(5-7-18)25-22(29)23(30)26-24-14-16-3-8-19(20(13-16)32-2)34-15-21(28)27-9-11-33-12-10-27/h3-8,13-14H,9-12,15H2,1-2H3,(H,25,29)(H,26,30)/b24-14-. The average Bonchev–Trinajstić information content (AvgIpc) is 2.88. The molecule has 0 saturated carbocycles. The topological polar surface area (TPSA) is 128 Å². The zero-order valence-corrected chi connectivity index (χ0v) is 18.9. The highest BCUT2D eigenvalue weighted by Crippen LogP contribution is 2.27. The van der Waals surface area contributed by atoms with E-state index in [1.54, 1.807) is 47.4 Å². The normalized spacial score (nSPS) is 13.3. The molecule has 0 aromatic heterocycles. The van der Waals surface area contributed by atoms with E-state index in [1.165, 1.54) is 20.4 Å². The van der Waals surface area contributed by atoms with Crippen molar-refractivity contribution in [2.75, 3.05) is 52.4 Å². The summed E-state index contributed by atoms with van der Waals surface area (Å²) in [6.07, 6.45) is 1.35. The van der Waals surface area contributed by atoms with Crippen LogP contribution in [0.3, 0.4) is 0 Å². The van der Waals surface area contributed by atoms with Crippen LogP contribution in [0.15, 0.2) is 47.6 Å². The highest BCUT2D eigenvalue weighted by Gasteiger charge is 2.18. The molecule has 0 bridgehead atoms. The molecule has 2 N–H and O–H groups in total. The molecule has 0 unspecified atom stereocenters. The highest BCUT2D eigenvalue weighted by molar-refractivity contribution is 6.39. The lowest BCUT2D eigenvalue weighted by molar-refractivity contribution is -0.137. The third-order valence-electron chi connectivity index (χ3n) is 4.84. The van der Waals surface area contributed by atoms with Crippen molar-refractivity contribution in [3.05, 3.63) is 48.0 Å². The van der Waals surface area contributed by atoms with E-state index >= 15 is 0 Å². The molecule has 1 aliphatic rings. The van der Waals surface area contributed by atoms with Gasteiger partial charge in [-0.3, -0.25) is 14.4 Å². The molecule has 180 valence electrons. The molecule has 0 spiro atoms. The molecule has 0 atom stereocenters. The molecule has 1 saturated heterocycles. The van der Waals surface area contributed by atoms with Crippen molar-refractivity contribution in [1.82, 2.24) is 10.3 Å². The van der Waals surface area contributed by atoms with E-state index in [2.05, 4.69) is 15.8 Å². The lowest BCUT2D eigenvalue weighted by Gasteiger charge is -2.26. The van der Waals surface area contributed by atoms with Crippen LogP contribution < -0.4 is 25.0 Å². The Labute approximate surface area is 196 Å². The molecule has 0 radical (unpaired) electrons. The van der Waals surface area contributed by atoms with Gasteiger partial charge in [0.2, 0.25) is 0 Å². The summed E-state index contributed by atoms with van der Waals surface area (Å²) < 4.78 is 21.2. The minimum atomic E-state index is -0.930. The second-order valence-electron chi connectivity index (χ2n) is 7.07. The Kier molecular flexibility index (Phi) is 8.81. The molecule has 3 amide bonds. The second kappa shape index (κ2) is 12.2. The summed E-state index contributed by atoms with van der Waals surface area (Å²) in [4.78, 5) is 37.9. The van der Waals surface area contributed by atoms with E-state index in [-0.39, 0.29) is 12.5 Å². The van der Waals surface area contributed by atoms with Crippen molar-refractivity contribution in [2.24, 2.45) is 5.10 Å². The summed E-state index contributed by atoms with van der Waals surface area (Å²) in [5, 5.41) is 6.26. The molecule has 2 aromatic rings. The van der Waals surface area contributed by atoms with Crippen LogP contribution in [0.25, 0.3) is 0 Å². The lowest BCUT2D eigenvalue weighted by Crippen LogP contribution is -2.43. The number of nitrogens with zero attached hydrogens (tertiary/aromatic N) is 2. The van der Waals surface area contributed by atoms with E-state index in [1.807, 2.05) is 0 Å². The fourth-order valence-corrected chi connectivity index (χ4v) is 3.01. The van der Waals surface area contributed by atoms with Crippen LogP contribution >= 0.6 is 0 Å². The van der Waals surface area contributed by atoms with Gasteiger partial charge in [0, 0.05) is 18.8 Å². The van der Waals surface area contributed by atoms with E-state index in [0.29, 0.717) is 54.8 Å². The fourth-order valence-electron chi connectivity index (χ4n) is 3.01. The van der Waals surface area contributed by atoms with E-state index < -0.39 is 11.8 Å². The van der Waals surface area contributed by atoms with Gasteiger partial charge in [0.05, 0.1) is 33.6 Å². The number of rotatable bonds is 8. The van der Waals surface area contributed by atoms with Crippen LogP contribution in [0.4, 0.5) is 5.69 Å². The molecular formula is C23H26N4O7. The maximum atomic E-state index is 12.2. The highest BCUT2D eigenvalue weighted by atomic mass is 16.5. The number of hydrazone groups is 1. The van der Waals surface area contributed by atoms with Gasteiger partial charge in [-0.1, -0.05) is 0 Å². The predicted octanol–water partition coefficient (Wildman–Crippen LogP) is 1.03. The van der Waals surface area contributed by atoms with E-state index in [0.717, 1.165) is 0 Å². The molecular weight excluding hydrogens is 444 g/mol. The maximum absolute atomic E-state index is 12.2. The van der Waals surface area contributed by atoms with Gasteiger partial charge in [-0.15, -0.1) is 0 Å². The molecule has 11 heteroatoms. The number of benzene rings is 2. The Morgan fingerprint density at radius 3 is 2.41 bits per heavy atom. The lowest BCUT2D eigenvalue weighted by atomic mass is 10.2. The third-order valence-corrected chi connectivity index (χ3v) is 4.84. The molecule has 0 aliphatic carbocycles. The number of hydrogen-bond acceptors (Lipinski definition) is 8. The smallest absolute Gasteiger partial charge is 0.329 e. The largest absolute Gasteiger partial charge is 0.497 e. The first-order valence-corrected chi connectivity index (χ1v) is 10.4. The van der Waals surface area contributed by atoms with Gasteiger partial charge >= 0.3 is 11.8 Å². The molecule has 1 aliphatic heterocycles. The first kappa shape index (κ1) is 24.5. The van der Waals surface area contributed by atoms with Crippen LogP contribution in [-0.2, 0) is 19.1 Å². The number of anilines is 1. The Balaban J connectivity index is 1.51. The van der Waals surface area contributed by atoms with Crippen molar-refractivity contribution >= 4 is 29.6 Å². The van der Waals surface area contributed by atoms with Crippen molar-refractivity contribution in [2.45, 2.75) is 0 Å². The SMILES string of the molecule is COc1ccc(NC(=O)C(=O)N/N=C\c2ccc(OCC(=O)N3CCOCC3)c(OC)c2)cc1. The third kappa shape index (κ3) is 6.94. The monoisotopic (exact) mass is 470 g/mol. The van der Waals surface area contributed by atoms with Gasteiger partial charge in [-0.25, -0.2) is 5.43 Å². The summed E-state index contributed by atoms with van der Waals surface area (Å²) in [6, 6.07) is 11.5. The zero-order valence-electron chi connectivity index (χ0n) is 18.9. The number of methoxy groups -OCH3 is 2. The fraction of sp³-hybridized carbons (Fsp3) is 0.304. The van der Waals surface area contributed by atoms with Crippen molar-refractivity contribution < 1.29 is 33.3 Å². The van der Waals surface area contributed by atoms with Gasteiger partial charge in [0.25, 0.3) is 5.91 Å². The first-order chi connectivity index (χ1) is 16.5. The first-order valence-electron chi connectivity index (χ1n) is 10.4. The maximum Gasteiger partial charge on any atom is 0.329 e. The van der Waals surface area contributed by atoms with Crippen LogP contribution in [0.2, 0.25) is 0 Å². The minimum absolute atomic E-state index is 0.122. The van der Waals surface area contributed by atoms with Gasteiger partial charge in [-0.05, 0) is 48.0 Å². The van der Waals surface area contributed by atoms with Gasteiger partial charge in [-0.2, -0.15) is 5.10 Å². The molecule has 2 aromatic carbocycles. The molecule has 1 fully saturated rings. The molecule has 34 heavy (non-hydrogen) atoms. The van der Waals surface area contributed by atoms with Crippen LogP contribution in [0, 0.1) is 0 Å². The van der Waals surface area contributed by atoms with Gasteiger partial charge in [0.15, 0.2) is 18.1 Å². The van der Waals surface area contributed by atoms with E-state index in [9.17, 15) is 14.4 Å². The van der Waals surface area contributed by atoms with E-state index in [4.69, 9.17) is 18.9 Å². The molecule has 11 nitrogen and oxygen atoms in total. The number of carbonyl (C=O) groups excluding carboxylic acids is 3. The van der Waals surface area contributed by atoms with Crippen molar-refractivity contribution in [3.8, 4) is 17.2 Å². The number of morpholine rings is 1. The van der Waals surface area contributed by atoms with Crippen molar-refractivity contribution in [1.29, 1.82) is 0 Å². The van der Waals surface area contributed by atoms with Gasteiger partial charge in [0.1, 0.15) is 5.75 Å². The minimum Gasteiger partial charge on any atom is -0.497 e. The Hall–Kier alpha value is -4.12. The predicted molar refractivity (Wildman–Crippen MR) is 123 cm³/mol. The Bertz CT molecular complexity index is 1030. The quantitative estimate of drug-likeness (QED) is 0.335. The number of ether oxygens (including phenoxy) is 4. The number of carbonyl (C=O) groups is 3. The summed E-state index contributed by atoms with van der Waals surface area (Å²) in [5.74, 6) is -0.519. The number of nitrogens with one attached hydrogen (secondary N) is 2. The summed E-state index contributed by atoms with van der Waals surface area (Å²) in [6.45, 7) is 1.99. The van der Waals surface area contributed by atoms with Crippen LogP contribution in [-0.4, -0.2) is 76.0 Å². The number of hydrogen-bond donors (Lipinski definition) is 2. The number of amides is 3. The van der Waals surface area contributed by atoms with Crippen LogP contribution in [0.1, 0.15) is 5.56 Å². The summed E-state index contributed by atoms with van der Waals surface area (Å²) in [5.41, 5.74) is 3.19. The zero-order chi connectivity index (χ0) is 24.3. The molecule has 3 rings (SSSR count).